The first-order valence-corrected chi connectivity index (χ1v) is 5.84. The normalized spacial score (nSPS) is 32.2. The topological polar surface area (TPSA) is 0 Å². The number of allylic oxidation sites excluding steroid dienone is 1. The lowest BCUT2D eigenvalue weighted by molar-refractivity contribution is 0.487. The standard InChI is InChI=1S/C13H24/c1-5-7-8-9-12-11(6-2)13(12)10(3)4/h6,10-13H,2,5,7-9H2,1,3-4H3. The molecule has 0 aromatic rings. The Bertz CT molecular complexity index is 157. The molecule has 1 saturated carbocycles. The highest BCUT2D eigenvalue weighted by atomic mass is 14.5. The average molecular weight is 180 g/mol. The van der Waals surface area contributed by atoms with Gasteiger partial charge in [0.25, 0.3) is 0 Å². The van der Waals surface area contributed by atoms with Crippen LogP contribution < -0.4 is 0 Å². The molecule has 0 bridgehead atoms. The molecule has 0 saturated heterocycles. The van der Waals surface area contributed by atoms with E-state index in [1.165, 1.54) is 25.7 Å². The number of unbranched alkanes of at least 4 members (excludes halogenated alkanes) is 2. The number of rotatable bonds is 6. The van der Waals surface area contributed by atoms with Crippen LogP contribution >= 0.6 is 0 Å². The fourth-order valence-electron chi connectivity index (χ4n) is 2.71. The van der Waals surface area contributed by atoms with Gasteiger partial charge in [-0.05, 0) is 30.1 Å². The Labute approximate surface area is 83.4 Å². The molecule has 13 heavy (non-hydrogen) atoms. The highest BCUT2D eigenvalue weighted by Crippen LogP contribution is 2.54. The Morgan fingerprint density at radius 3 is 2.38 bits per heavy atom. The summed E-state index contributed by atoms with van der Waals surface area (Å²) in [7, 11) is 0. The second kappa shape index (κ2) is 4.83. The molecule has 0 heterocycles. The van der Waals surface area contributed by atoms with Gasteiger partial charge < -0.3 is 0 Å². The Hall–Kier alpha value is -0.260. The van der Waals surface area contributed by atoms with E-state index in [1.807, 2.05) is 0 Å². The third kappa shape index (κ3) is 2.59. The molecule has 76 valence electrons. The van der Waals surface area contributed by atoms with Crippen LogP contribution in [0.5, 0.6) is 0 Å². The van der Waals surface area contributed by atoms with E-state index in [4.69, 9.17) is 0 Å². The van der Waals surface area contributed by atoms with Gasteiger partial charge in [0.15, 0.2) is 0 Å². The summed E-state index contributed by atoms with van der Waals surface area (Å²) >= 11 is 0. The summed E-state index contributed by atoms with van der Waals surface area (Å²) in [6, 6.07) is 0. The minimum Gasteiger partial charge on any atom is -0.103 e. The van der Waals surface area contributed by atoms with E-state index in [1.54, 1.807) is 0 Å². The quantitative estimate of drug-likeness (QED) is 0.423. The lowest BCUT2D eigenvalue weighted by Crippen LogP contribution is -1.93. The van der Waals surface area contributed by atoms with Gasteiger partial charge in [0.05, 0.1) is 0 Å². The van der Waals surface area contributed by atoms with Crippen molar-refractivity contribution in [1.29, 1.82) is 0 Å². The van der Waals surface area contributed by atoms with Crippen LogP contribution in [-0.4, -0.2) is 0 Å². The Morgan fingerprint density at radius 2 is 2.00 bits per heavy atom. The number of hydrogen-bond acceptors (Lipinski definition) is 0. The zero-order valence-corrected chi connectivity index (χ0v) is 9.42. The van der Waals surface area contributed by atoms with Gasteiger partial charge in [0.2, 0.25) is 0 Å². The molecule has 3 atom stereocenters. The van der Waals surface area contributed by atoms with Crippen LogP contribution in [0.25, 0.3) is 0 Å². The molecule has 0 aromatic heterocycles. The minimum atomic E-state index is 0.844. The van der Waals surface area contributed by atoms with Crippen LogP contribution in [0.15, 0.2) is 12.7 Å². The molecule has 1 rings (SSSR count). The fourth-order valence-corrected chi connectivity index (χ4v) is 2.71. The number of hydrogen-bond donors (Lipinski definition) is 0. The summed E-state index contributed by atoms with van der Waals surface area (Å²) in [5.74, 6) is 3.63. The molecule has 0 aromatic carbocycles. The zero-order valence-electron chi connectivity index (χ0n) is 9.42. The fraction of sp³-hybridized carbons (Fsp3) is 0.846. The van der Waals surface area contributed by atoms with Crippen molar-refractivity contribution < 1.29 is 0 Å². The minimum absolute atomic E-state index is 0.844. The third-order valence-electron chi connectivity index (χ3n) is 3.48. The molecule has 1 fully saturated rings. The van der Waals surface area contributed by atoms with Gasteiger partial charge >= 0.3 is 0 Å². The second-order valence-electron chi connectivity index (χ2n) is 4.79. The SMILES string of the molecule is C=CC1C(CCCCC)C1C(C)C. The summed E-state index contributed by atoms with van der Waals surface area (Å²) in [4.78, 5) is 0. The van der Waals surface area contributed by atoms with Crippen molar-refractivity contribution in [2.75, 3.05) is 0 Å². The molecule has 3 unspecified atom stereocenters. The molecule has 0 N–H and O–H groups in total. The van der Waals surface area contributed by atoms with Crippen molar-refractivity contribution in [3.8, 4) is 0 Å². The third-order valence-corrected chi connectivity index (χ3v) is 3.48. The Balaban J connectivity index is 2.23. The van der Waals surface area contributed by atoms with E-state index in [9.17, 15) is 0 Å². The van der Waals surface area contributed by atoms with Gasteiger partial charge in [0, 0.05) is 0 Å². The van der Waals surface area contributed by atoms with Gasteiger partial charge in [-0.25, -0.2) is 0 Å². The maximum Gasteiger partial charge on any atom is -0.0171 e. The molecule has 0 nitrogen and oxygen atoms in total. The van der Waals surface area contributed by atoms with Gasteiger partial charge in [-0.1, -0.05) is 46.1 Å². The molecule has 0 amide bonds. The van der Waals surface area contributed by atoms with E-state index in [0.29, 0.717) is 0 Å². The lowest BCUT2D eigenvalue weighted by Gasteiger charge is -2.01. The predicted octanol–water partition coefficient (Wildman–Crippen LogP) is 4.27. The van der Waals surface area contributed by atoms with Crippen molar-refractivity contribution in [1.82, 2.24) is 0 Å². The first-order valence-electron chi connectivity index (χ1n) is 5.84. The summed E-state index contributed by atoms with van der Waals surface area (Å²) in [6.45, 7) is 10.9. The first-order chi connectivity index (χ1) is 6.22. The molecule has 0 aliphatic heterocycles. The van der Waals surface area contributed by atoms with Crippen molar-refractivity contribution in [2.24, 2.45) is 23.7 Å². The van der Waals surface area contributed by atoms with Crippen LogP contribution in [-0.2, 0) is 0 Å². The molecular formula is C13H24. The van der Waals surface area contributed by atoms with Gasteiger partial charge in [-0.15, -0.1) is 6.58 Å². The first kappa shape index (κ1) is 10.8. The lowest BCUT2D eigenvalue weighted by atomic mass is 10.0. The summed E-state index contributed by atoms with van der Waals surface area (Å²) in [5.41, 5.74) is 0. The van der Waals surface area contributed by atoms with Gasteiger partial charge in [-0.3, -0.25) is 0 Å². The highest BCUT2D eigenvalue weighted by molar-refractivity contribution is 5.06. The monoisotopic (exact) mass is 180 g/mol. The van der Waals surface area contributed by atoms with Crippen LogP contribution in [0, 0.1) is 23.7 Å². The van der Waals surface area contributed by atoms with Gasteiger partial charge in [-0.2, -0.15) is 0 Å². The zero-order chi connectivity index (χ0) is 9.84. The van der Waals surface area contributed by atoms with Crippen LogP contribution in [0.1, 0.15) is 46.5 Å². The van der Waals surface area contributed by atoms with E-state index in [0.717, 1.165) is 23.7 Å². The van der Waals surface area contributed by atoms with Gasteiger partial charge in [0.1, 0.15) is 0 Å². The van der Waals surface area contributed by atoms with Crippen molar-refractivity contribution >= 4 is 0 Å². The van der Waals surface area contributed by atoms with E-state index in [-0.39, 0.29) is 0 Å². The molecule has 0 heteroatoms. The van der Waals surface area contributed by atoms with Crippen LogP contribution in [0.4, 0.5) is 0 Å². The van der Waals surface area contributed by atoms with Crippen molar-refractivity contribution in [3.63, 3.8) is 0 Å². The molecule has 1 aliphatic carbocycles. The maximum atomic E-state index is 3.93. The summed E-state index contributed by atoms with van der Waals surface area (Å²) in [6.07, 6.45) is 7.80. The van der Waals surface area contributed by atoms with Crippen LogP contribution in [0.2, 0.25) is 0 Å². The van der Waals surface area contributed by atoms with Crippen molar-refractivity contribution in [2.45, 2.75) is 46.5 Å². The van der Waals surface area contributed by atoms with E-state index in [2.05, 4.69) is 33.4 Å². The highest BCUT2D eigenvalue weighted by Gasteiger charge is 2.48. The van der Waals surface area contributed by atoms with E-state index >= 15 is 0 Å². The van der Waals surface area contributed by atoms with Crippen LogP contribution in [0.3, 0.4) is 0 Å². The smallest absolute Gasteiger partial charge is 0.0171 e. The maximum absolute atomic E-state index is 3.93. The molecule has 0 radical (unpaired) electrons. The molecular weight excluding hydrogens is 156 g/mol. The second-order valence-corrected chi connectivity index (χ2v) is 4.79. The summed E-state index contributed by atoms with van der Waals surface area (Å²) in [5, 5.41) is 0. The Morgan fingerprint density at radius 1 is 1.31 bits per heavy atom. The molecule has 1 aliphatic rings. The summed E-state index contributed by atoms with van der Waals surface area (Å²) < 4.78 is 0. The predicted molar refractivity (Wildman–Crippen MR) is 59.6 cm³/mol. The van der Waals surface area contributed by atoms with Crippen molar-refractivity contribution in [3.05, 3.63) is 12.7 Å². The van der Waals surface area contributed by atoms with E-state index < -0.39 is 0 Å². The largest absolute Gasteiger partial charge is 0.103 e. The Kier molecular flexibility index (Phi) is 4.02. The average Bonchev–Trinajstić information content (AvgIpc) is 2.79. The molecule has 0 spiro atoms.